The van der Waals surface area contributed by atoms with Crippen LogP contribution < -0.4 is 0 Å². The van der Waals surface area contributed by atoms with E-state index in [1.54, 1.807) is 14.2 Å². The summed E-state index contributed by atoms with van der Waals surface area (Å²) in [5.41, 5.74) is 3.23. The molecule has 3 aromatic rings. The van der Waals surface area contributed by atoms with E-state index in [-0.39, 0.29) is 6.10 Å². The zero-order valence-corrected chi connectivity index (χ0v) is 20.3. The number of benzene rings is 3. The number of hydrogen-bond donors (Lipinski definition) is 0. The van der Waals surface area contributed by atoms with Crippen molar-refractivity contribution in [3.05, 3.63) is 108 Å². The first-order valence-electron chi connectivity index (χ1n) is 11.9. The molecule has 5 atom stereocenters. The first-order chi connectivity index (χ1) is 17.3. The van der Waals surface area contributed by atoms with Crippen molar-refractivity contribution < 1.29 is 28.4 Å². The van der Waals surface area contributed by atoms with Gasteiger partial charge in [-0.15, -0.1) is 0 Å². The Kier molecular flexibility index (Phi) is 9.84. The van der Waals surface area contributed by atoms with Crippen molar-refractivity contribution in [3.63, 3.8) is 0 Å². The third-order valence-corrected chi connectivity index (χ3v) is 6.06. The average Bonchev–Trinajstić information content (AvgIpc) is 2.92. The van der Waals surface area contributed by atoms with E-state index in [1.165, 1.54) is 0 Å². The Morgan fingerprint density at radius 1 is 0.571 bits per heavy atom. The van der Waals surface area contributed by atoms with Gasteiger partial charge in [-0.05, 0) is 16.7 Å². The fourth-order valence-electron chi connectivity index (χ4n) is 4.25. The highest BCUT2D eigenvalue weighted by Crippen LogP contribution is 2.30. The summed E-state index contributed by atoms with van der Waals surface area (Å²) < 4.78 is 36.7. The molecular weight excluding hydrogens is 444 g/mol. The summed E-state index contributed by atoms with van der Waals surface area (Å²) in [4.78, 5) is 0. The van der Waals surface area contributed by atoms with E-state index in [4.69, 9.17) is 28.4 Å². The molecular formula is C29H34O6. The van der Waals surface area contributed by atoms with Crippen molar-refractivity contribution in [2.24, 2.45) is 0 Å². The van der Waals surface area contributed by atoms with Crippen LogP contribution in [0.15, 0.2) is 91.0 Å². The summed E-state index contributed by atoms with van der Waals surface area (Å²) in [6.07, 6.45) is -2.32. The van der Waals surface area contributed by atoms with Crippen LogP contribution in [0, 0.1) is 0 Å². The van der Waals surface area contributed by atoms with E-state index in [1.807, 2.05) is 91.0 Å². The minimum Gasteiger partial charge on any atom is -0.376 e. The number of methoxy groups -OCH3 is 2. The summed E-state index contributed by atoms with van der Waals surface area (Å²) in [5.74, 6) is 0. The minimum atomic E-state index is -0.629. The summed E-state index contributed by atoms with van der Waals surface area (Å²) in [5, 5.41) is 0. The van der Waals surface area contributed by atoms with Crippen LogP contribution in [0.4, 0.5) is 0 Å². The number of rotatable bonds is 12. The molecule has 6 nitrogen and oxygen atoms in total. The zero-order chi connectivity index (χ0) is 24.3. The largest absolute Gasteiger partial charge is 0.376 e. The average molecular weight is 479 g/mol. The van der Waals surface area contributed by atoms with E-state index in [2.05, 4.69) is 0 Å². The fourth-order valence-corrected chi connectivity index (χ4v) is 4.25. The van der Waals surface area contributed by atoms with Crippen LogP contribution in [0.1, 0.15) is 16.7 Å². The van der Waals surface area contributed by atoms with Crippen molar-refractivity contribution in [1.82, 2.24) is 0 Å². The van der Waals surface area contributed by atoms with Gasteiger partial charge in [0.15, 0.2) is 6.29 Å². The third kappa shape index (κ3) is 7.21. The van der Waals surface area contributed by atoms with Crippen molar-refractivity contribution in [3.8, 4) is 0 Å². The van der Waals surface area contributed by atoms with E-state index in [0.717, 1.165) is 16.7 Å². The second kappa shape index (κ2) is 13.5. The maximum atomic E-state index is 6.43. The molecule has 0 bridgehead atoms. The lowest BCUT2D eigenvalue weighted by atomic mass is 9.98. The van der Waals surface area contributed by atoms with Gasteiger partial charge in [-0.2, -0.15) is 0 Å². The molecule has 186 valence electrons. The smallest absolute Gasteiger partial charge is 0.186 e. The van der Waals surface area contributed by atoms with Gasteiger partial charge < -0.3 is 28.4 Å². The third-order valence-electron chi connectivity index (χ3n) is 6.06. The maximum absolute atomic E-state index is 6.43. The molecule has 0 radical (unpaired) electrons. The van der Waals surface area contributed by atoms with Crippen LogP contribution in [0.25, 0.3) is 0 Å². The lowest BCUT2D eigenvalue weighted by molar-refractivity contribution is -0.319. The molecule has 1 aliphatic rings. The fraction of sp³-hybridized carbons (Fsp3) is 0.379. The second-order valence-electron chi connectivity index (χ2n) is 8.50. The molecule has 0 saturated carbocycles. The van der Waals surface area contributed by atoms with Gasteiger partial charge in [0.05, 0.1) is 26.4 Å². The molecule has 1 saturated heterocycles. The normalized spacial score (nSPS) is 24.3. The Balaban J connectivity index is 1.48. The van der Waals surface area contributed by atoms with Crippen molar-refractivity contribution >= 4 is 0 Å². The monoisotopic (exact) mass is 478 g/mol. The van der Waals surface area contributed by atoms with Gasteiger partial charge in [0, 0.05) is 14.2 Å². The predicted octanol–water partition coefficient (Wildman–Crippen LogP) is 4.76. The summed E-state index contributed by atoms with van der Waals surface area (Å²) in [6, 6.07) is 30.1. The summed E-state index contributed by atoms with van der Waals surface area (Å²) in [6.45, 7) is 1.65. The molecule has 1 aliphatic heterocycles. The molecule has 0 amide bonds. The predicted molar refractivity (Wildman–Crippen MR) is 133 cm³/mol. The molecule has 6 heteroatoms. The van der Waals surface area contributed by atoms with Gasteiger partial charge in [-0.3, -0.25) is 0 Å². The highest BCUT2D eigenvalue weighted by atomic mass is 16.7. The highest BCUT2D eigenvalue weighted by Gasteiger charge is 2.48. The SMILES string of the molecule is CO[C@H]1O[C@H](COCc2ccccc2)[C@H](OC)[C@H](OCc2ccccc2)[C@H]1OCc1ccccc1. The van der Waals surface area contributed by atoms with Gasteiger partial charge in [0.2, 0.25) is 0 Å². The molecule has 35 heavy (non-hydrogen) atoms. The Morgan fingerprint density at radius 3 is 1.54 bits per heavy atom. The highest BCUT2D eigenvalue weighted by molar-refractivity contribution is 5.15. The van der Waals surface area contributed by atoms with Crippen LogP contribution in [-0.4, -0.2) is 51.5 Å². The van der Waals surface area contributed by atoms with Crippen molar-refractivity contribution in [2.75, 3.05) is 20.8 Å². The van der Waals surface area contributed by atoms with Crippen molar-refractivity contribution in [1.29, 1.82) is 0 Å². The topological polar surface area (TPSA) is 55.4 Å². The quantitative estimate of drug-likeness (QED) is 0.374. The summed E-state index contributed by atoms with van der Waals surface area (Å²) >= 11 is 0. The Morgan fingerprint density at radius 2 is 1.06 bits per heavy atom. The van der Waals surface area contributed by atoms with Crippen LogP contribution >= 0.6 is 0 Å². The molecule has 0 unspecified atom stereocenters. The van der Waals surface area contributed by atoms with Gasteiger partial charge in [0.1, 0.15) is 24.4 Å². The number of ether oxygens (including phenoxy) is 6. The molecule has 1 heterocycles. The van der Waals surface area contributed by atoms with E-state index in [9.17, 15) is 0 Å². The van der Waals surface area contributed by atoms with E-state index in [0.29, 0.717) is 26.4 Å². The molecule has 0 aromatic heterocycles. The van der Waals surface area contributed by atoms with Gasteiger partial charge in [-0.1, -0.05) is 91.0 Å². The molecule has 4 rings (SSSR count). The van der Waals surface area contributed by atoms with Gasteiger partial charge in [0.25, 0.3) is 0 Å². The first-order valence-corrected chi connectivity index (χ1v) is 11.9. The number of hydrogen-bond acceptors (Lipinski definition) is 6. The van der Waals surface area contributed by atoms with Crippen LogP contribution in [0.5, 0.6) is 0 Å². The zero-order valence-electron chi connectivity index (χ0n) is 20.3. The molecule has 0 aliphatic carbocycles. The Labute approximate surface area is 207 Å². The Hall–Kier alpha value is -2.58. The second-order valence-corrected chi connectivity index (χ2v) is 8.50. The van der Waals surface area contributed by atoms with Crippen LogP contribution in [0.2, 0.25) is 0 Å². The summed E-state index contributed by atoms with van der Waals surface area (Å²) in [7, 11) is 3.28. The standard InChI is InChI=1S/C29H34O6/c1-30-26-25(21-32-18-22-12-6-3-7-13-22)35-29(31-2)28(34-20-24-16-10-5-11-17-24)27(26)33-19-23-14-8-4-9-15-23/h3-17,25-29H,18-21H2,1-2H3/t25-,26+,27+,28-,29+/m1/s1. The minimum absolute atomic E-state index is 0.337. The van der Waals surface area contributed by atoms with Crippen LogP contribution in [-0.2, 0) is 48.2 Å². The van der Waals surface area contributed by atoms with Gasteiger partial charge in [-0.25, -0.2) is 0 Å². The Bertz CT molecular complexity index is 968. The van der Waals surface area contributed by atoms with E-state index >= 15 is 0 Å². The van der Waals surface area contributed by atoms with E-state index < -0.39 is 24.6 Å². The van der Waals surface area contributed by atoms with Gasteiger partial charge >= 0.3 is 0 Å². The lowest BCUT2D eigenvalue weighted by Gasteiger charge is -2.45. The molecule has 0 N–H and O–H groups in total. The van der Waals surface area contributed by atoms with Crippen molar-refractivity contribution in [2.45, 2.75) is 50.5 Å². The molecule has 3 aromatic carbocycles. The van der Waals surface area contributed by atoms with Crippen LogP contribution in [0.3, 0.4) is 0 Å². The first kappa shape index (κ1) is 25.5. The maximum Gasteiger partial charge on any atom is 0.186 e. The lowest BCUT2D eigenvalue weighted by Crippen LogP contribution is -2.61. The molecule has 1 fully saturated rings. The molecule has 0 spiro atoms.